The fourth-order valence-electron chi connectivity index (χ4n) is 2.79. The van der Waals surface area contributed by atoms with Gasteiger partial charge in [-0.3, -0.25) is 4.90 Å². The molecule has 128 valence electrons. The highest BCUT2D eigenvalue weighted by Crippen LogP contribution is 2.26. The van der Waals surface area contributed by atoms with Crippen molar-refractivity contribution in [3.8, 4) is 0 Å². The average Bonchev–Trinajstić information content (AvgIpc) is 2.60. The molecular weight excluding hydrogens is 296 g/mol. The van der Waals surface area contributed by atoms with Crippen LogP contribution < -0.4 is 10.6 Å². The van der Waals surface area contributed by atoms with Gasteiger partial charge in [-0.1, -0.05) is 51.0 Å². The molecule has 0 fully saturated rings. The first kappa shape index (κ1) is 18.1. The molecule has 24 heavy (non-hydrogen) atoms. The Balaban J connectivity index is 2.18. The number of urea groups is 1. The van der Waals surface area contributed by atoms with Gasteiger partial charge in [0.2, 0.25) is 0 Å². The lowest BCUT2D eigenvalue weighted by atomic mass is 10.1. The van der Waals surface area contributed by atoms with Gasteiger partial charge in [0.1, 0.15) is 0 Å². The lowest BCUT2D eigenvalue weighted by Crippen LogP contribution is -2.31. The molecule has 0 aliphatic heterocycles. The normalized spacial score (nSPS) is 10.6. The highest BCUT2D eigenvalue weighted by Gasteiger charge is 2.14. The van der Waals surface area contributed by atoms with Crippen molar-refractivity contribution in [1.82, 2.24) is 0 Å². The number of amides is 2. The van der Waals surface area contributed by atoms with Gasteiger partial charge in [-0.2, -0.15) is 0 Å². The van der Waals surface area contributed by atoms with E-state index in [9.17, 15) is 4.79 Å². The van der Waals surface area contributed by atoms with Gasteiger partial charge in [-0.25, -0.2) is 4.79 Å². The lowest BCUT2D eigenvalue weighted by molar-refractivity contribution is 0.256. The summed E-state index contributed by atoms with van der Waals surface area (Å²) < 4.78 is 0. The number of aryl methyl sites for hydroxylation is 2. The second-order valence-electron chi connectivity index (χ2n) is 6.21. The highest BCUT2D eigenvalue weighted by molar-refractivity contribution is 5.98. The summed E-state index contributed by atoms with van der Waals surface area (Å²) in [5, 5.41) is 0. The maximum absolute atomic E-state index is 12.0. The Bertz CT molecular complexity index is 580. The van der Waals surface area contributed by atoms with Crippen molar-refractivity contribution in [3.05, 3.63) is 59.7 Å². The molecule has 0 spiro atoms. The van der Waals surface area contributed by atoms with Crippen LogP contribution in [0.25, 0.3) is 0 Å². The van der Waals surface area contributed by atoms with Gasteiger partial charge in [0.15, 0.2) is 0 Å². The Morgan fingerprint density at radius 2 is 1.17 bits per heavy atom. The molecule has 0 bridgehead atoms. The van der Waals surface area contributed by atoms with Crippen molar-refractivity contribution in [1.29, 1.82) is 0 Å². The van der Waals surface area contributed by atoms with Gasteiger partial charge >= 0.3 is 6.03 Å². The number of nitrogens with zero attached hydrogens (tertiary/aromatic N) is 1. The molecule has 0 unspecified atom stereocenters. The molecular formula is C21H28N2O. The fraction of sp³-hybridized carbons (Fsp3) is 0.381. The molecule has 0 aromatic heterocycles. The van der Waals surface area contributed by atoms with Crippen molar-refractivity contribution in [2.24, 2.45) is 5.73 Å². The summed E-state index contributed by atoms with van der Waals surface area (Å²) in [5.74, 6) is 0. The number of rotatable bonds is 8. The summed E-state index contributed by atoms with van der Waals surface area (Å²) in [6, 6.07) is 15.8. The Hall–Kier alpha value is -2.29. The summed E-state index contributed by atoms with van der Waals surface area (Å²) in [6.45, 7) is 4.38. The Morgan fingerprint density at radius 1 is 0.792 bits per heavy atom. The number of hydrogen-bond acceptors (Lipinski definition) is 1. The van der Waals surface area contributed by atoms with Crippen LogP contribution in [0.1, 0.15) is 50.7 Å². The first-order valence-corrected chi connectivity index (χ1v) is 8.93. The van der Waals surface area contributed by atoms with Crippen LogP contribution in [0.5, 0.6) is 0 Å². The fourth-order valence-corrected chi connectivity index (χ4v) is 2.79. The van der Waals surface area contributed by atoms with Gasteiger partial charge in [-0.15, -0.1) is 0 Å². The van der Waals surface area contributed by atoms with Crippen molar-refractivity contribution >= 4 is 17.4 Å². The molecule has 3 heteroatoms. The second kappa shape index (κ2) is 9.11. The quantitative estimate of drug-likeness (QED) is 0.676. The molecule has 0 saturated heterocycles. The number of anilines is 2. The zero-order chi connectivity index (χ0) is 17.4. The predicted molar refractivity (Wildman–Crippen MR) is 102 cm³/mol. The molecule has 0 radical (unpaired) electrons. The smallest absolute Gasteiger partial charge is 0.323 e. The Morgan fingerprint density at radius 3 is 1.46 bits per heavy atom. The van der Waals surface area contributed by atoms with Crippen molar-refractivity contribution < 1.29 is 4.79 Å². The summed E-state index contributed by atoms with van der Waals surface area (Å²) in [7, 11) is 0. The molecule has 2 rings (SSSR count). The minimum absolute atomic E-state index is 0.461. The number of hydrogen-bond donors (Lipinski definition) is 1. The van der Waals surface area contributed by atoms with Crippen LogP contribution in [0.4, 0.5) is 16.2 Å². The molecule has 0 heterocycles. The first-order chi connectivity index (χ1) is 11.7. The van der Waals surface area contributed by atoms with E-state index in [0.29, 0.717) is 0 Å². The van der Waals surface area contributed by atoms with Gasteiger partial charge in [0, 0.05) is 0 Å². The Kier molecular flexibility index (Phi) is 6.86. The van der Waals surface area contributed by atoms with E-state index in [4.69, 9.17) is 5.73 Å². The number of carbonyl (C=O) groups excluding carboxylic acids is 1. The van der Waals surface area contributed by atoms with Crippen molar-refractivity contribution in [3.63, 3.8) is 0 Å². The summed E-state index contributed by atoms with van der Waals surface area (Å²) >= 11 is 0. The van der Waals surface area contributed by atoms with E-state index >= 15 is 0 Å². The van der Waals surface area contributed by atoms with Crippen molar-refractivity contribution in [2.45, 2.75) is 52.4 Å². The van der Waals surface area contributed by atoms with Crippen LogP contribution in [-0.4, -0.2) is 6.03 Å². The first-order valence-electron chi connectivity index (χ1n) is 8.93. The second-order valence-corrected chi connectivity index (χ2v) is 6.21. The number of primary amides is 1. The predicted octanol–water partition coefficient (Wildman–Crippen LogP) is 5.59. The third kappa shape index (κ3) is 4.85. The van der Waals surface area contributed by atoms with Crippen molar-refractivity contribution in [2.75, 3.05) is 4.90 Å². The molecule has 2 amide bonds. The SMILES string of the molecule is CCCCc1ccc(N(C(N)=O)c2ccc(CCCC)cc2)cc1. The number of nitrogens with two attached hydrogens (primary N) is 1. The van der Waals surface area contributed by atoms with Crippen LogP contribution in [-0.2, 0) is 12.8 Å². The van der Waals surface area contributed by atoms with E-state index in [1.54, 1.807) is 4.90 Å². The van der Waals surface area contributed by atoms with Gasteiger partial charge in [0.25, 0.3) is 0 Å². The van der Waals surface area contributed by atoms with Crippen LogP contribution in [0.2, 0.25) is 0 Å². The average molecular weight is 324 g/mol. The topological polar surface area (TPSA) is 46.3 Å². The monoisotopic (exact) mass is 324 g/mol. The van der Waals surface area contributed by atoms with Crippen LogP contribution >= 0.6 is 0 Å². The number of benzene rings is 2. The van der Waals surface area contributed by atoms with Crippen LogP contribution in [0.15, 0.2) is 48.5 Å². The minimum Gasteiger partial charge on any atom is -0.351 e. The third-order valence-corrected chi connectivity index (χ3v) is 4.25. The van der Waals surface area contributed by atoms with E-state index < -0.39 is 6.03 Å². The van der Waals surface area contributed by atoms with Crippen LogP contribution in [0.3, 0.4) is 0 Å². The maximum atomic E-state index is 12.0. The summed E-state index contributed by atoms with van der Waals surface area (Å²) in [4.78, 5) is 13.5. The molecule has 2 aromatic carbocycles. The largest absolute Gasteiger partial charge is 0.351 e. The van der Waals surface area contributed by atoms with Gasteiger partial charge in [0.05, 0.1) is 11.4 Å². The summed E-state index contributed by atoms with van der Waals surface area (Å²) in [6.07, 6.45) is 6.86. The standard InChI is InChI=1S/C21H28N2O/c1-3-5-7-17-9-13-19(14-10-17)23(21(22)24)20-15-11-18(12-16-20)8-6-4-2/h9-16H,3-8H2,1-2H3,(H2,22,24). The molecule has 2 aromatic rings. The van der Waals surface area contributed by atoms with E-state index in [2.05, 4.69) is 38.1 Å². The maximum Gasteiger partial charge on any atom is 0.323 e. The van der Waals surface area contributed by atoms with Crippen LogP contribution in [0, 0.1) is 0 Å². The van der Waals surface area contributed by atoms with E-state index in [0.717, 1.165) is 24.2 Å². The molecule has 0 saturated carbocycles. The van der Waals surface area contributed by atoms with Gasteiger partial charge < -0.3 is 5.73 Å². The Labute approximate surface area is 145 Å². The number of unbranched alkanes of at least 4 members (excludes halogenated alkanes) is 2. The highest BCUT2D eigenvalue weighted by atomic mass is 16.2. The van der Waals surface area contributed by atoms with Gasteiger partial charge in [-0.05, 0) is 61.1 Å². The molecule has 2 N–H and O–H groups in total. The third-order valence-electron chi connectivity index (χ3n) is 4.25. The lowest BCUT2D eigenvalue weighted by Gasteiger charge is -2.21. The zero-order valence-electron chi connectivity index (χ0n) is 14.8. The van der Waals surface area contributed by atoms with E-state index in [1.807, 2.05) is 24.3 Å². The molecule has 0 atom stereocenters. The molecule has 0 aliphatic carbocycles. The minimum atomic E-state index is -0.461. The van der Waals surface area contributed by atoms with E-state index in [1.165, 1.54) is 36.8 Å². The molecule has 0 aliphatic rings. The van der Waals surface area contributed by atoms with E-state index in [-0.39, 0.29) is 0 Å². The number of carbonyl (C=O) groups is 1. The zero-order valence-corrected chi connectivity index (χ0v) is 14.8. The molecule has 3 nitrogen and oxygen atoms in total. The summed E-state index contributed by atoms with van der Waals surface area (Å²) in [5.41, 5.74) is 9.83.